The Labute approximate surface area is 118 Å². The van der Waals surface area contributed by atoms with Crippen LogP contribution in [0.25, 0.3) is 0 Å². The Morgan fingerprint density at radius 1 is 1.37 bits per heavy atom. The highest BCUT2D eigenvalue weighted by Gasteiger charge is 2.14. The van der Waals surface area contributed by atoms with Gasteiger partial charge in [-0.3, -0.25) is 10.1 Å². The summed E-state index contributed by atoms with van der Waals surface area (Å²) in [6.45, 7) is 1.83. The highest BCUT2D eigenvalue weighted by atomic mass is 32.2. The van der Waals surface area contributed by atoms with Gasteiger partial charge >= 0.3 is 0 Å². The van der Waals surface area contributed by atoms with Gasteiger partial charge in [0.2, 0.25) is 0 Å². The molecule has 4 nitrogen and oxygen atoms in total. The third-order valence-electron chi connectivity index (χ3n) is 3.41. The number of para-hydroxylation sites is 1. The van der Waals surface area contributed by atoms with Crippen molar-refractivity contribution >= 4 is 17.4 Å². The molecule has 0 saturated carbocycles. The van der Waals surface area contributed by atoms with Crippen LogP contribution in [-0.4, -0.2) is 29.0 Å². The van der Waals surface area contributed by atoms with Gasteiger partial charge in [0, 0.05) is 23.4 Å². The van der Waals surface area contributed by atoms with E-state index >= 15 is 0 Å². The molecule has 2 rings (SSSR count). The van der Waals surface area contributed by atoms with Crippen molar-refractivity contribution in [3.8, 4) is 0 Å². The number of rotatable bonds is 6. The van der Waals surface area contributed by atoms with Gasteiger partial charge in [-0.2, -0.15) is 11.8 Å². The highest BCUT2D eigenvalue weighted by molar-refractivity contribution is 7.99. The van der Waals surface area contributed by atoms with E-state index in [-0.39, 0.29) is 10.6 Å². The molecule has 0 aliphatic carbocycles. The van der Waals surface area contributed by atoms with Crippen LogP contribution in [0.5, 0.6) is 0 Å². The standard InChI is InChI=1S/C14H20N2O2S/c17-16(18)14-7-2-1-5-12(14)8-9-15-11-13-6-3-4-10-19-13/h1-2,5,7,13,15H,3-4,6,8-11H2. The zero-order valence-electron chi connectivity index (χ0n) is 11.0. The normalized spacial score (nSPS) is 19.3. The molecule has 1 saturated heterocycles. The molecule has 104 valence electrons. The smallest absolute Gasteiger partial charge is 0.272 e. The van der Waals surface area contributed by atoms with Crippen molar-refractivity contribution in [2.24, 2.45) is 0 Å². The van der Waals surface area contributed by atoms with Crippen molar-refractivity contribution in [2.75, 3.05) is 18.8 Å². The number of nitro benzene ring substituents is 1. The van der Waals surface area contributed by atoms with Crippen molar-refractivity contribution < 1.29 is 4.92 Å². The van der Waals surface area contributed by atoms with E-state index in [4.69, 9.17) is 0 Å². The maximum absolute atomic E-state index is 10.9. The lowest BCUT2D eigenvalue weighted by atomic mass is 10.1. The maximum Gasteiger partial charge on any atom is 0.272 e. The van der Waals surface area contributed by atoms with Crippen LogP contribution in [0, 0.1) is 10.1 Å². The Hall–Kier alpha value is -1.07. The molecule has 0 aromatic heterocycles. The summed E-state index contributed by atoms with van der Waals surface area (Å²) >= 11 is 2.05. The molecule has 1 aliphatic rings. The van der Waals surface area contributed by atoms with Crippen LogP contribution in [0.3, 0.4) is 0 Å². The minimum Gasteiger partial charge on any atom is -0.315 e. The maximum atomic E-state index is 10.9. The molecule has 0 amide bonds. The summed E-state index contributed by atoms with van der Waals surface area (Å²) in [6.07, 6.45) is 4.69. The van der Waals surface area contributed by atoms with Crippen LogP contribution in [0.15, 0.2) is 24.3 Å². The average Bonchev–Trinajstić information content (AvgIpc) is 2.45. The van der Waals surface area contributed by atoms with E-state index in [1.165, 1.54) is 25.0 Å². The first-order valence-electron chi connectivity index (χ1n) is 6.82. The van der Waals surface area contributed by atoms with Crippen LogP contribution >= 0.6 is 11.8 Å². The molecule has 1 atom stereocenters. The van der Waals surface area contributed by atoms with Crippen LogP contribution in [0.1, 0.15) is 24.8 Å². The largest absolute Gasteiger partial charge is 0.315 e. The van der Waals surface area contributed by atoms with Gasteiger partial charge in [-0.05, 0) is 31.6 Å². The Kier molecular flexibility index (Phi) is 5.66. The zero-order chi connectivity index (χ0) is 13.5. The van der Waals surface area contributed by atoms with Gasteiger partial charge in [-0.15, -0.1) is 0 Å². The van der Waals surface area contributed by atoms with Crippen LogP contribution in [-0.2, 0) is 6.42 Å². The number of benzene rings is 1. The van der Waals surface area contributed by atoms with Crippen LogP contribution < -0.4 is 5.32 Å². The first-order chi connectivity index (χ1) is 9.27. The van der Waals surface area contributed by atoms with Crippen LogP contribution in [0.4, 0.5) is 5.69 Å². The Morgan fingerprint density at radius 2 is 2.21 bits per heavy atom. The fraction of sp³-hybridized carbons (Fsp3) is 0.571. The van der Waals surface area contributed by atoms with E-state index in [9.17, 15) is 10.1 Å². The quantitative estimate of drug-likeness (QED) is 0.494. The number of thioether (sulfide) groups is 1. The summed E-state index contributed by atoms with van der Waals surface area (Å²) in [7, 11) is 0. The van der Waals surface area contributed by atoms with Gasteiger partial charge in [0.05, 0.1) is 4.92 Å². The lowest BCUT2D eigenvalue weighted by Gasteiger charge is -2.21. The third-order valence-corrected chi connectivity index (χ3v) is 4.80. The molecule has 1 aromatic rings. The number of nitrogens with one attached hydrogen (secondary N) is 1. The van der Waals surface area contributed by atoms with E-state index in [0.29, 0.717) is 6.42 Å². The molecular weight excluding hydrogens is 260 g/mol. The summed E-state index contributed by atoms with van der Waals surface area (Å²) in [5, 5.41) is 15.0. The summed E-state index contributed by atoms with van der Waals surface area (Å²) in [4.78, 5) is 10.6. The molecule has 1 heterocycles. The van der Waals surface area contributed by atoms with Crippen molar-refractivity contribution in [3.63, 3.8) is 0 Å². The molecular formula is C14H20N2O2S. The molecule has 1 unspecified atom stereocenters. The summed E-state index contributed by atoms with van der Waals surface area (Å²) < 4.78 is 0. The lowest BCUT2D eigenvalue weighted by Crippen LogP contribution is -2.28. The Morgan fingerprint density at radius 3 is 2.95 bits per heavy atom. The number of hydrogen-bond acceptors (Lipinski definition) is 4. The average molecular weight is 280 g/mol. The zero-order valence-corrected chi connectivity index (χ0v) is 11.8. The molecule has 1 fully saturated rings. The second kappa shape index (κ2) is 7.50. The molecule has 5 heteroatoms. The van der Waals surface area contributed by atoms with E-state index < -0.39 is 0 Å². The lowest BCUT2D eigenvalue weighted by molar-refractivity contribution is -0.385. The van der Waals surface area contributed by atoms with Gasteiger partial charge in [0.1, 0.15) is 0 Å². The molecule has 19 heavy (non-hydrogen) atoms. The first-order valence-corrected chi connectivity index (χ1v) is 7.87. The van der Waals surface area contributed by atoms with Gasteiger partial charge in [0.25, 0.3) is 5.69 Å². The van der Waals surface area contributed by atoms with Crippen LogP contribution in [0.2, 0.25) is 0 Å². The van der Waals surface area contributed by atoms with Crippen molar-refractivity contribution in [3.05, 3.63) is 39.9 Å². The van der Waals surface area contributed by atoms with Gasteiger partial charge in [-0.1, -0.05) is 24.6 Å². The van der Waals surface area contributed by atoms with Gasteiger partial charge < -0.3 is 5.32 Å². The molecule has 1 aliphatic heterocycles. The van der Waals surface area contributed by atoms with Crippen molar-refractivity contribution in [1.82, 2.24) is 5.32 Å². The minimum atomic E-state index is -0.299. The SMILES string of the molecule is O=[N+]([O-])c1ccccc1CCNCC1CCCCS1. The highest BCUT2D eigenvalue weighted by Crippen LogP contribution is 2.24. The second-order valence-electron chi connectivity index (χ2n) is 4.83. The number of hydrogen-bond donors (Lipinski definition) is 1. The van der Waals surface area contributed by atoms with E-state index in [0.717, 1.165) is 23.9 Å². The molecule has 1 aromatic carbocycles. The topological polar surface area (TPSA) is 55.2 Å². The monoisotopic (exact) mass is 280 g/mol. The first kappa shape index (κ1) is 14.3. The predicted molar refractivity (Wildman–Crippen MR) is 79.8 cm³/mol. The molecule has 0 spiro atoms. The van der Waals surface area contributed by atoms with E-state index in [1.807, 2.05) is 23.9 Å². The number of nitrogens with zero attached hydrogens (tertiary/aromatic N) is 1. The third kappa shape index (κ3) is 4.51. The summed E-state index contributed by atoms with van der Waals surface area (Å²) in [5.74, 6) is 1.27. The second-order valence-corrected chi connectivity index (χ2v) is 6.24. The van der Waals surface area contributed by atoms with Crippen molar-refractivity contribution in [1.29, 1.82) is 0 Å². The van der Waals surface area contributed by atoms with E-state index in [2.05, 4.69) is 5.32 Å². The molecule has 0 bridgehead atoms. The Bertz CT molecular complexity index is 420. The summed E-state index contributed by atoms with van der Waals surface area (Å²) in [6, 6.07) is 6.99. The van der Waals surface area contributed by atoms with Gasteiger partial charge in [0.15, 0.2) is 0 Å². The van der Waals surface area contributed by atoms with E-state index in [1.54, 1.807) is 12.1 Å². The molecule has 1 N–H and O–H groups in total. The predicted octanol–water partition coefficient (Wildman–Crippen LogP) is 3.01. The van der Waals surface area contributed by atoms with Crippen molar-refractivity contribution in [2.45, 2.75) is 30.9 Å². The minimum absolute atomic E-state index is 0.233. The summed E-state index contributed by atoms with van der Waals surface area (Å²) in [5.41, 5.74) is 1.05. The fourth-order valence-corrected chi connectivity index (χ4v) is 3.63. The Balaban J connectivity index is 1.74. The fourth-order valence-electron chi connectivity index (χ4n) is 2.35. The molecule has 0 radical (unpaired) electrons. The van der Waals surface area contributed by atoms with Gasteiger partial charge in [-0.25, -0.2) is 0 Å². The number of nitro groups is 1.